The molecule has 7 heteroatoms. The van der Waals surface area contributed by atoms with Gasteiger partial charge in [0.1, 0.15) is 20.7 Å². The summed E-state index contributed by atoms with van der Waals surface area (Å²) in [5, 5.41) is -0.161. The Morgan fingerprint density at radius 1 is 1.40 bits per heavy atom. The van der Waals surface area contributed by atoms with Crippen LogP contribution in [0.15, 0.2) is 23.1 Å². The summed E-state index contributed by atoms with van der Waals surface area (Å²) in [5.74, 6) is -0.891. The molecule has 0 amide bonds. The molecule has 0 atom stereocenters. The van der Waals surface area contributed by atoms with Crippen LogP contribution in [0.5, 0.6) is 0 Å². The summed E-state index contributed by atoms with van der Waals surface area (Å²) in [6.45, 7) is 0. The Morgan fingerprint density at radius 2 is 1.93 bits per heavy atom. The van der Waals surface area contributed by atoms with Crippen LogP contribution in [0.3, 0.4) is 0 Å². The fraction of sp³-hybridized carbons (Fsp3) is 0.125. The predicted molar refractivity (Wildman–Crippen MR) is 54.3 cm³/mol. The third kappa shape index (κ3) is 4.08. The van der Waals surface area contributed by atoms with E-state index in [0.29, 0.717) is 0 Å². The van der Waals surface area contributed by atoms with Gasteiger partial charge in [-0.25, -0.2) is 12.8 Å². The van der Waals surface area contributed by atoms with Gasteiger partial charge in [-0.05, 0) is 12.1 Å². The van der Waals surface area contributed by atoms with Crippen LogP contribution >= 0.6 is 11.6 Å². The maximum atomic E-state index is 13.0. The predicted octanol–water partition coefficient (Wildman–Crippen LogP) is 2.62. The van der Waals surface area contributed by atoms with Gasteiger partial charge >= 0.3 is 0 Å². The van der Waals surface area contributed by atoms with Crippen molar-refractivity contribution in [2.45, 2.75) is 4.90 Å². The molecule has 0 aliphatic heterocycles. The first-order valence-corrected chi connectivity index (χ1v) is 5.11. The molecular weight excluding hydrogens is 318 g/mol. The molecule has 0 saturated heterocycles. The van der Waals surface area contributed by atoms with Gasteiger partial charge in [-0.15, -0.1) is 0 Å². The fourth-order valence-electron chi connectivity index (χ4n) is 0.820. The first-order valence-electron chi connectivity index (χ1n) is 3.29. The molecule has 1 radical (unpaired) electrons. The number of hydrogen-bond donors (Lipinski definition) is 0. The van der Waals surface area contributed by atoms with Gasteiger partial charge in [-0.3, -0.25) is 0 Å². The summed E-state index contributed by atoms with van der Waals surface area (Å²) in [5.41, 5.74) is 0. The molecule has 15 heavy (non-hydrogen) atoms. The number of hydrogen-bond acceptors (Lipinski definition) is 2. The Labute approximate surface area is 119 Å². The smallest absolute Gasteiger partial charge is 0.141 e. The minimum absolute atomic E-state index is 0. The molecule has 1 aromatic rings. The standard InChI is InChI=1S/C7H6ClFNO2S.CH3.Y/c1-10-13(11,12)7-5(8)3-2-4-6(7)9;;/h2-4H,1H3;1H3;/q2*-1;. The van der Waals surface area contributed by atoms with Crippen molar-refractivity contribution in [3.8, 4) is 0 Å². The molecule has 0 aromatic heterocycles. The molecule has 0 aliphatic rings. The van der Waals surface area contributed by atoms with Gasteiger partial charge in [-0.1, -0.05) is 17.7 Å². The van der Waals surface area contributed by atoms with E-state index >= 15 is 0 Å². The third-order valence-electron chi connectivity index (χ3n) is 1.42. The van der Waals surface area contributed by atoms with Gasteiger partial charge in [0.05, 0.1) is 5.02 Å². The number of sulfonamides is 1. The summed E-state index contributed by atoms with van der Waals surface area (Å²) in [7, 11) is -2.87. The topological polar surface area (TPSA) is 48.2 Å². The van der Waals surface area contributed by atoms with Crippen molar-refractivity contribution in [3.05, 3.63) is 41.2 Å². The minimum Gasteiger partial charge on any atom is -0.547 e. The van der Waals surface area contributed by atoms with Crippen molar-refractivity contribution in [3.63, 3.8) is 0 Å². The average molecular weight is 327 g/mol. The molecule has 0 N–H and O–H groups in total. The van der Waals surface area contributed by atoms with Gasteiger partial charge in [0.2, 0.25) is 0 Å². The first kappa shape index (κ1) is 17.8. The molecule has 0 saturated carbocycles. The van der Waals surface area contributed by atoms with Crippen LogP contribution in [-0.2, 0) is 42.7 Å². The molecule has 0 spiro atoms. The van der Waals surface area contributed by atoms with E-state index in [-0.39, 0.29) is 45.2 Å². The molecular formula is C8H9ClFNO2SY-2. The summed E-state index contributed by atoms with van der Waals surface area (Å²) in [4.78, 5) is -0.570. The van der Waals surface area contributed by atoms with Gasteiger partial charge in [0.15, 0.2) is 0 Å². The van der Waals surface area contributed by atoms with E-state index in [2.05, 4.69) is 4.72 Å². The van der Waals surface area contributed by atoms with Crippen LogP contribution in [0.4, 0.5) is 4.39 Å². The van der Waals surface area contributed by atoms with Crippen LogP contribution in [0, 0.1) is 13.2 Å². The third-order valence-corrected chi connectivity index (χ3v) is 3.26. The van der Waals surface area contributed by atoms with Gasteiger partial charge in [0.25, 0.3) is 0 Å². The zero-order valence-corrected chi connectivity index (χ0v) is 12.6. The van der Waals surface area contributed by atoms with Gasteiger partial charge < -0.3 is 12.1 Å². The monoisotopic (exact) mass is 326 g/mol. The van der Waals surface area contributed by atoms with E-state index in [0.717, 1.165) is 13.1 Å². The van der Waals surface area contributed by atoms with E-state index in [4.69, 9.17) is 11.6 Å². The molecule has 0 heterocycles. The SMILES string of the molecule is C[N-]S(=O)(=O)c1c(F)cccc1Cl.[CH3-].[Y]. The maximum Gasteiger partial charge on any atom is 0.141 e. The van der Waals surface area contributed by atoms with E-state index in [1.807, 2.05) is 0 Å². The summed E-state index contributed by atoms with van der Waals surface area (Å²) in [6, 6.07) is 3.64. The second-order valence-corrected chi connectivity index (χ2v) is 4.34. The van der Waals surface area contributed by atoms with Crippen LogP contribution in [0.1, 0.15) is 0 Å². The Bertz CT molecular complexity index is 404. The summed E-state index contributed by atoms with van der Waals surface area (Å²) < 4.78 is 38.4. The van der Waals surface area contributed by atoms with Gasteiger partial charge in [-0.2, -0.15) is 7.05 Å². The first-order chi connectivity index (χ1) is 5.99. The van der Waals surface area contributed by atoms with Crippen molar-refractivity contribution in [1.29, 1.82) is 0 Å². The summed E-state index contributed by atoms with van der Waals surface area (Å²) >= 11 is 5.51. The van der Waals surface area contributed by atoms with Crippen molar-refractivity contribution in [2.24, 2.45) is 0 Å². The Balaban J connectivity index is 0. The van der Waals surface area contributed by atoms with Crippen LogP contribution in [0.25, 0.3) is 4.72 Å². The van der Waals surface area contributed by atoms with Crippen molar-refractivity contribution < 1.29 is 45.5 Å². The van der Waals surface area contributed by atoms with Crippen molar-refractivity contribution in [1.82, 2.24) is 0 Å². The molecule has 1 aromatic carbocycles. The molecule has 0 fully saturated rings. The minimum atomic E-state index is -3.94. The van der Waals surface area contributed by atoms with Crippen LogP contribution < -0.4 is 0 Å². The quantitative estimate of drug-likeness (QED) is 0.784. The number of halogens is 2. The Kier molecular flexibility index (Phi) is 8.22. The number of rotatable bonds is 2. The maximum absolute atomic E-state index is 13.0. The fourth-order valence-corrected chi connectivity index (χ4v) is 2.09. The van der Waals surface area contributed by atoms with Crippen molar-refractivity contribution in [2.75, 3.05) is 7.05 Å². The van der Waals surface area contributed by atoms with Gasteiger partial charge in [0, 0.05) is 32.7 Å². The van der Waals surface area contributed by atoms with E-state index in [1.165, 1.54) is 12.1 Å². The van der Waals surface area contributed by atoms with Crippen molar-refractivity contribution >= 4 is 21.6 Å². The van der Waals surface area contributed by atoms with E-state index in [1.54, 1.807) is 0 Å². The Hall–Kier alpha value is 0.454. The second kappa shape index (κ2) is 6.91. The number of nitrogens with zero attached hydrogens (tertiary/aromatic N) is 1. The molecule has 1 rings (SSSR count). The number of benzene rings is 1. The largest absolute Gasteiger partial charge is 0.547 e. The van der Waals surface area contributed by atoms with Crippen LogP contribution in [-0.4, -0.2) is 15.5 Å². The molecule has 0 bridgehead atoms. The van der Waals surface area contributed by atoms with E-state index in [9.17, 15) is 12.8 Å². The van der Waals surface area contributed by atoms with Crippen LogP contribution in [0.2, 0.25) is 5.02 Å². The zero-order valence-electron chi connectivity index (χ0n) is 8.24. The summed E-state index contributed by atoms with van der Waals surface area (Å²) in [6.07, 6.45) is 0. The molecule has 0 unspecified atom stereocenters. The Morgan fingerprint density at radius 3 is 2.33 bits per heavy atom. The second-order valence-electron chi connectivity index (χ2n) is 2.21. The zero-order chi connectivity index (χ0) is 10.1. The molecule has 83 valence electrons. The average Bonchev–Trinajstić information content (AvgIpc) is 2.03. The normalized spacial score (nSPS) is 10.1. The molecule has 3 nitrogen and oxygen atoms in total. The van der Waals surface area contributed by atoms with E-state index < -0.39 is 20.7 Å². The molecule has 0 aliphatic carbocycles.